The van der Waals surface area contributed by atoms with E-state index in [1.54, 1.807) is 18.5 Å². The van der Waals surface area contributed by atoms with Gasteiger partial charge in [-0.15, -0.1) is 0 Å². The number of imidazole rings is 1. The normalized spacial score (nSPS) is 14.2. The standard InChI is InChI=1S/C28H31FN8/c1-5-10-22(37-11-8-7-9-12-37)25-18(4)33-28(34-25)26-23-24(29)21(16-31-27(23)36-35-26)19-13-20(15-30-14-19)32-17(3)6-2/h5,10,13-16,32H,1,3,6-9,11-12H2,2,4H3,(H,33,34)(H,31,35,36)/b22-10+. The second-order valence-electron chi connectivity index (χ2n) is 9.22. The van der Waals surface area contributed by atoms with E-state index in [-0.39, 0.29) is 11.0 Å². The van der Waals surface area contributed by atoms with Crippen LogP contribution in [-0.4, -0.2) is 48.1 Å². The number of rotatable bonds is 8. The molecule has 4 aromatic heterocycles. The second-order valence-corrected chi connectivity index (χ2v) is 9.22. The van der Waals surface area contributed by atoms with E-state index < -0.39 is 5.82 Å². The molecule has 0 spiro atoms. The van der Waals surface area contributed by atoms with E-state index in [0.717, 1.165) is 60.8 Å². The van der Waals surface area contributed by atoms with Crippen molar-refractivity contribution < 1.29 is 4.39 Å². The molecule has 0 unspecified atom stereocenters. The van der Waals surface area contributed by atoms with Gasteiger partial charge in [0.15, 0.2) is 11.5 Å². The van der Waals surface area contributed by atoms with Gasteiger partial charge in [0, 0.05) is 48.0 Å². The summed E-state index contributed by atoms with van der Waals surface area (Å²) in [6.07, 6.45) is 12.9. The number of pyridine rings is 2. The van der Waals surface area contributed by atoms with Gasteiger partial charge >= 0.3 is 0 Å². The van der Waals surface area contributed by atoms with E-state index in [0.29, 0.717) is 22.6 Å². The van der Waals surface area contributed by atoms with Gasteiger partial charge in [-0.25, -0.2) is 14.4 Å². The number of H-pyrrole nitrogens is 2. The SMILES string of the molecule is C=C/C=C(\c1nc(-c2[nH]nc3ncc(-c4cncc(NC(=C)CC)c4)c(F)c23)[nH]c1C)N1CCCCC1. The van der Waals surface area contributed by atoms with Crippen LogP contribution in [0.1, 0.15) is 44.0 Å². The van der Waals surface area contributed by atoms with Gasteiger partial charge in [0.1, 0.15) is 17.2 Å². The molecule has 0 radical (unpaired) electrons. The zero-order chi connectivity index (χ0) is 25.9. The highest BCUT2D eigenvalue weighted by molar-refractivity contribution is 5.93. The summed E-state index contributed by atoms with van der Waals surface area (Å²) in [5.41, 5.74) is 5.99. The van der Waals surface area contributed by atoms with E-state index in [4.69, 9.17) is 4.98 Å². The Kier molecular flexibility index (Phi) is 6.85. The molecule has 5 rings (SSSR count). The lowest BCUT2D eigenvalue weighted by Crippen LogP contribution is -2.28. The molecule has 9 heteroatoms. The molecular formula is C28H31FN8. The Morgan fingerprint density at radius 2 is 2.03 bits per heavy atom. The van der Waals surface area contributed by atoms with Crippen LogP contribution in [-0.2, 0) is 0 Å². The van der Waals surface area contributed by atoms with Crippen LogP contribution in [0.25, 0.3) is 39.4 Å². The van der Waals surface area contributed by atoms with Gasteiger partial charge in [-0.3, -0.25) is 10.1 Å². The maximum Gasteiger partial charge on any atom is 0.184 e. The van der Waals surface area contributed by atoms with Crippen LogP contribution >= 0.6 is 0 Å². The predicted octanol–water partition coefficient (Wildman–Crippen LogP) is 6.21. The monoisotopic (exact) mass is 498 g/mol. The lowest BCUT2D eigenvalue weighted by Gasteiger charge is -2.30. The summed E-state index contributed by atoms with van der Waals surface area (Å²) in [5.74, 6) is 0.0723. The second kappa shape index (κ2) is 10.4. The third-order valence-corrected chi connectivity index (χ3v) is 6.65. The Labute approximate surface area is 215 Å². The van der Waals surface area contributed by atoms with E-state index in [1.165, 1.54) is 12.6 Å². The minimum Gasteiger partial charge on any atom is -0.370 e. The Hall–Kier alpha value is -4.27. The van der Waals surface area contributed by atoms with Gasteiger partial charge in [-0.05, 0) is 44.7 Å². The number of hydrogen-bond acceptors (Lipinski definition) is 6. The molecule has 0 aliphatic carbocycles. The molecule has 1 aliphatic heterocycles. The Morgan fingerprint density at radius 1 is 1.22 bits per heavy atom. The predicted molar refractivity (Wildman–Crippen MR) is 146 cm³/mol. The Bertz CT molecular complexity index is 1490. The lowest BCUT2D eigenvalue weighted by atomic mass is 10.1. The number of nitrogens with one attached hydrogen (secondary N) is 3. The number of piperidine rings is 1. The zero-order valence-corrected chi connectivity index (χ0v) is 21.2. The van der Waals surface area contributed by atoms with Gasteiger partial charge in [0.2, 0.25) is 0 Å². The first-order chi connectivity index (χ1) is 18.0. The number of likely N-dealkylation sites (tertiary alicyclic amines) is 1. The fourth-order valence-corrected chi connectivity index (χ4v) is 4.68. The van der Waals surface area contributed by atoms with Crippen LogP contribution in [0.15, 0.2) is 55.7 Å². The van der Waals surface area contributed by atoms with Crippen LogP contribution < -0.4 is 5.32 Å². The third kappa shape index (κ3) is 4.76. The van der Waals surface area contributed by atoms with Crippen molar-refractivity contribution in [2.75, 3.05) is 18.4 Å². The number of nitrogens with zero attached hydrogens (tertiary/aromatic N) is 5. The average molecular weight is 499 g/mol. The van der Waals surface area contributed by atoms with E-state index in [1.807, 2.05) is 26.0 Å². The van der Waals surface area contributed by atoms with Crippen LogP contribution in [0.2, 0.25) is 0 Å². The van der Waals surface area contributed by atoms with Crippen molar-refractivity contribution in [1.82, 2.24) is 35.0 Å². The fourth-order valence-electron chi connectivity index (χ4n) is 4.68. The maximum atomic E-state index is 16.0. The molecule has 0 saturated carbocycles. The van der Waals surface area contributed by atoms with Crippen LogP contribution in [0.3, 0.4) is 0 Å². The zero-order valence-electron chi connectivity index (χ0n) is 21.2. The van der Waals surface area contributed by atoms with Crippen LogP contribution in [0.5, 0.6) is 0 Å². The number of hydrogen-bond donors (Lipinski definition) is 3. The van der Waals surface area contributed by atoms with Crippen molar-refractivity contribution in [2.24, 2.45) is 0 Å². The molecule has 37 heavy (non-hydrogen) atoms. The summed E-state index contributed by atoms with van der Waals surface area (Å²) in [7, 11) is 0. The highest BCUT2D eigenvalue weighted by Crippen LogP contribution is 2.34. The molecule has 0 bridgehead atoms. The molecule has 0 atom stereocenters. The minimum absolute atomic E-state index is 0.279. The number of aromatic amines is 2. The quantitative estimate of drug-likeness (QED) is 0.250. The van der Waals surface area contributed by atoms with Crippen molar-refractivity contribution in [1.29, 1.82) is 0 Å². The number of halogens is 1. The summed E-state index contributed by atoms with van der Waals surface area (Å²) in [5, 5.41) is 10.7. The summed E-state index contributed by atoms with van der Waals surface area (Å²) < 4.78 is 16.0. The Balaban J connectivity index is 1.56. The number of aryl methyl sites for hydroxylation is 1. The smallest absolute Gasteiger partial charge is 0.184 e. The van der Waals surface area contributed by atoms with Crippen molar-refractivity contribution in [2.45, 2.75) is 39.5 Å². The Morgan fingerprint density at radius 3 is 2.78 bits per heavy atom. The number of anilines is 1. The van der Waals surface area contributed by atoms with Gasteiger partial charge in [-0.1, -0.05) is 26.2 Å². The lowest BCUT2D eigenvalue weighted by molar-refractivity contribution is 0.325. The van der Waals surface area contributed by atoms with Gasteiger partial charge in [0.25, 0.3) is 0 Å². The van der Waals surface area contributed by atoms with Gasteiger partial charge < -0.3 is 15.2 Å². The molecule has 190 valence electrons. The molecule has 3 N–H and O–H groups in total. The van der Waals surface area contributed by atoms with E-state index >= 15 is 4.39 Å². The topological polar surface area (TPSA) is 98.4 Å². The fraction of sp³-hybridized carbons (Fsp3) is 0.286. The van der Waals surface area contributed by atoms with E-state index in [9.17, 15) is 0 Å². The number of fused-ring (bicyclic) bond motifs is 1. The molecule has 8 nitrogen and oxygen atoms in total. The van der Waals surface area contributed by atoms with Crippen molar-refractivity contribution in [3.05, 3.63) is 72.9 Å². The number of allylic oxidation sites excluding steroid dienone is 3. The molecule has 0 amide bonds. The largest absolute Gasteiger partial charge is 0.370 e. The first-order valence-electron chi connectivity index (χ1n) is 12.6. The van der Waals surface area contributed by atoms with Crippen LogP contribution in [0, 0.1) is 12.7 Å². The van der Waals surface area contributed by atoms with Crippen molar-refractivity contribution in [3.63, 3.8) is 0 Å². The molecule has 1 fully saturated rings. The van der Waals surface area contributed by atoms with Gasteiger partial charge in [-0.2, -0.15) is 5.10 Å². The van der Waals surface area contributed by atoms with Crippen molar-refractivity contribution in [3.8, 4) is 22.6 Å². The highest BCUT2D eigenvalue weighted by Gasteiger charge is 2.23. The molecule has 1 saturated heterocycles. The van der Waals surface area contributed by atoms with Crippen molar-refractivity contribution >= 4 is 22.4 Å². The molecule has 5 heterocycles. The minimum atomic E-state index is -0.435. The maximum absolute atomic E-state index is 16.0. The summed E-state index contributed by atoms with van der Waals surface area (Å²) in [6, 6.07) is 1.83. The molecule has 4 aromatic rings. The van der Waals surface area contributed by atoms with Gasteiger partial charge in [0.05, 0.1) is 23.0 Å². The third-order valence-electron chi connectivity index (χ3n) is 6.65. The molecule has 1 aliphatic rings. The molecular weight excluding hydrogens is 467 g/mol. The number of aromatic nitrogens is 6. The summed E-state index contributed by atoms with van der Waals surface area (Å²) in [6.45, 7) is 13.8. The molecule has 0 aromatic carbocycles. The first kappa shape index (κ1) is 24.4. The average Bonchev–Trinajstić information content (AvgIpc) is 3.52. The van der Waals surface area contributed by atoms with Crippen LogP contribution in [0.4, 0.5) is 10.1 Å². The summed E-state index contributed by atoms with van der Waals surface area (Å²) in [4.78, 5) is 19.2. The highest BCUT2D eigenvalue weighted by atomic mass is 19.1. The summed E-state index contributed by atoms with van der Waals surface area (Å²) >= 11 is 0. The first-order valence-corrected chi connectivity index (χ1v) is 12.6. The van der Waals surface area contributed by atoms with E-state index in [2.05, 4.69) is 48.5 Å².